The third-order valence-electron chi connectivity index (χ3n) is 4.35. The Morgan fingerprint density at radius 3 is 2.80 bits per heavy atom. The molecule has 1 aromatic rings. The van der Waals surface area contributed by atoms with E-state index in [2.05, 4.69) is 42.6 Å². The van der Waals surface area contributed by atoms with E-state index in [1.807, 2.05) is 0 Å². The van der Waals surface area contributed by atoms with Crippen LogP contribution in [0, 0.1) is 5.92 Å². The number of morpholine rings is 1. The van der Waals surface area contributed by atoms with Crippen molar-refractivity contribution in [2.24, 2.45) is 5.92 Å². The van der Waals surface area contributed by atoms with Gasteiger partial charge in [-0.1, -0.05) is 37.3 Å². The van der Waals surface area contributed by atoms with Gasteiger partial charge in [-0.15, -0.1) is 0 Å². The number of ether oxygens (including phenoxy) is 1. The van der Waals surface area contributed by atoms with E-state index in [1.54, 1.807) is 0 Å². The lowest BCUT2D eigenvalue weighted by molar-refractivity contribution is -0.122. The lowest BCUT2D eigenvalue weighted by Gasteiger charge is -2.49. The third-order valence-corrected chi connectivity index (χ3v) is 4.35. The van der Waals surface area contributed by atoms with E-state index in [4.69, 9.17) is 14.6 Å². The second-order valence-electron chi connectivity index (χ2n) is 5.61. The Hall–Kier alpha value is -1.39. The van der Waals surface area contributed by atoms with Crippen LogP contribution in [0.1, 0.15) is 31.7 Å². The molecule has 1 heterocycles. The molecule has 3 rings (SSSR count). The van der Waals surface area contributed by atoms with Crippen LogP contribution in [0.5, 0.6) is 0 Å². The van der Waals surface area contributed by atoms with Crippen molar-refractivity contribution in [3.05, 3.63) is 35.9 Å². The fourth-order valence-electron chi connectivity index (χ4n) is 3.38. The van der Waals surface area contributed by atoms with Crippen LogP contribution in [0.2, 0.25) is 0 Å². The average molecular weight is 277 g/mol. The fraction of sp³-hybridized carbons (Fsp3) is 0.562. The smallest absolute Gasteiger partial charge is 0.290 e. The molecular formula is C16H23NO3. The van der Waals surface area contributed by atoms with E-state index < -0.39 is 0 Å². The Morgan fingerprint density at radius 1 is 1.40 bits per heavy atom. The molecule has 1 aliphatic carbocycles. The number of carboxylic acid groups (broad SMARTS) is 1. The Bertz CT molecular complexity index is 423. The Kier molecular flexibility index (Phi) is 5.15. The van der Waals surface area contributed by atoms with Crippen molar-refractivity contribution in [1.29, 1.82) is 0 Å². The van der Waals surface area contributed by atoms with E-state index in [0.29, 0.717) is 6.10 Å². The van der Waals surface area contributed by atoms with Gasteiger partial charge in [0.1, 0.15) is 0 Å². The van der Waals surface area contributed by atoms with Crippen LogP contribution in [-0.2, 0) is 15.1 Å². The van der Waals surface area contributed by atoms with Gasteiger partial charge in [-0.2, -0.15) is 0 Å². The summed E-state index contributed by atoms with van der Waals surface area (Å²) in [4.78, 5) is 8.36. The Morgan fingerprint density at radius 2 is 2.10 bits per heavy atom. The lowest BCUT2D eigenvalue weighted by atomic mass is 9.70. The third kappa shape index (κ3) is 3.02. The van der Waals surface area contributed by atoms with Crippen molar-refractivity contribution in [2.45, 2.75) is 37.8 Å². The van der Waals surface area contributed by atoms with Gasteiger partial charge in [0.05, 0.1) is 18.2 Å². The second-order valence-corrected chi connectivity index (χ2v) is 5.61. The molecule has 20 heavy (non-hydrogen) atoms. The van der Waals surface area contributed by atoms with Crippen molar-refractivity contribution in [3.8, 4) is 0 Å². The maximum Gasteiger partial charge on any atom is 0.290 e. The molecule has 1 saturated carbocycles. The summed E-state index contributed by atoms with van der Waals surface area (Å²) in [5.74, 6) is 0.789. The number of fused-ring (bicyclic) bond motifs is 1. The molecular weight excluding hydrogens is 254 g/mol. The van der Waals surface area contributed by atoms with Gasteiger partial charge in [-0.3, -0.25) is 4.79 Å². The number of rotatable bonds is 1. The van der Waals surface area contributed by atoms with Gasteiger partial charge in [0, 0.05) is 6.54 Å². The Labute approximate surface area is 120 Å². The van der Waals surface area contributed by atoms with Gasteiger partial charge in [0.15, 0.2) is 0 Å². The molecule has 4 heteroatoms. The molecule has 2 aliphatic rings. The molecule has 0 bridgehead atoms. The molecule has 1 aliphatic heterocycles. The van der Waals surface area contributed by atoms with Crippen LogP contribution in [-0.4, -0.2) is 30.8 Å². The van der Waals surface area contributed by atoms with Gasteiger partial charge in [-0.25, -0.2) is 0 Å². The monoisotopic (exact) mass is 277 g/mol. The van der Waals surface area contributed by atoms with Gasteiger partial charge in [0.2, 0.25) is 0 Å². The summed E-state index contributed by atoms with van der Waals surface area (Å²) in [6.07, 6.45) is 4.02. The molecule has 1 saturated heterocycles. The molecule has 110 valence electrons. The first kappa shape index (κ1) is 15.0. The molecule has 3 atom stereocenters. The summed E-state index contributed by atoms with van der Waals surface area (Å²) in [5, 5.41) is 10.6. The van der Waals surface area contributed by atoms with Crippen LogP contribution in [0.4, 0.5) is 0 Å². The summed E-state index contributed by atoms with van der Waals surface area (Å²) in [6, 6.07) is 10.8. The highest BCUT2D eigenvalue weighted by molar-refractivity contribution is 5.32. The minimum absolute atomic E-state index is 0.0754. The first-order chi connectivity index (χ1) is 9.73. The predicted molar refractivity (Wildman–Crippen MR) is 77.6 cm³/mol. The van der Waals surface area contributed by atoms with Gasteiger partial charge in [-0.05, 0) is 30.7 Å². The van der Waals surface area contributed by atoms with Gasteiger partial charge >= 0.3 is 0 Å². The van der Waals surface area contributed by atoms with Crippen molar-refractivity contribution < 1.29 is 14.6 Å². The first-order valence-corrected chi connectivity index (χ1v) is 7.23. The van der Waals surface area contributed by atoms with E-state index in [0.717, 1.165) is 19.1 Å². The summed E-state index contributed by atoms with van der Waals surface area (Å²) >= 11 is 0. The highest BCUT2D eigenvalue weighted by atomic mass is 16.5. The van der Waals surface area contributed by atoms with Crippen LogP contribution >= 0.6 is 0 Å². The fourth-order valence-corrected chi connectivity index (χ4v) is 3.38. The zero-order chi connectivity index (χ0) is 14.4. The number of benzene rings is 1. The zero-order valence-corrected chi connectivity index (χ0v) is 11.9. The average Bonchev–Trinajstić information content (AvgIpc) is 2.49. The molecule has 0 aromatic heterocycles. The molecule has 3 unspecified atom stereocenters. The van der Waals surface area contributed by atoms with Crippen LogP contribution in [0.25, 0.3) is 0 Å². The molecule has 0 spiro atoms. The van der Waals surface area contributed by atoms with Gasteiger partial charge in [0.25, 0.3) is 6.47 Å². The molecule has 2 fully saturated rings. The molecule has 2 N–H and O–H groups in total. The summed E-state index contributed by atoms with van der Waals surface area (Å²) < 4.78 is 6.05. The summed E-state index contributed by atoms with van der Waals surface area (Å²) in [6.45, 7) is 3.92. The topological polar surface area (TPSA) is 58.6 Å². The normalized spacial score (nSPS) is 32.5. The van der Waals surface area contributed by atoms with Crippen molar-refractivity contribution in [3.63, 3.8) is 0 Å². The lowest BCUT2D eigenvalue weighted by Crippen LogP contribution is -2.59. The molecule has 0 radical (unpaired) electrons. The number of carbonyl (C=O) groups is 1. The minimum Gasteiger partial charge on any atom is -0.483 e. The van der Waals surface area contributed by atoms with E-state index in [-0.39, 0.29) is 12.0 Å². The van der Waals surface area contributed by atoms with E-state index in [9.17, 15) is 0 Å². The van der Waals surface area contributed by atoms with Crippen molar-refractivity contribution in [2.75, 3.05) is 13.2 Å². The van der Waals surface area contributed by atoms with Crippen LogP contribution in [0.3, 0.4) is 0 Å². The second kappa shape index (κ2) is 6.86. The highest BCUT2D eigenvalue weighted by Crippen LogP contribution is 2.42. The molecule has 4 nitrogen and oxygen atoms in total. The summed E-state index contributed by atoms with van der Waals surface area (Å²) in [7, 11) is 0. The molecule has 1 aromatic carbocycles. The number of hydrogen-bond acceptors (Lipinski definition) is 3. The zero-order valence-electron chi connectivity index (χ0n) is 11.9. The van der Waals surface area contributed by atoms with Crippen LogP contribution < -0.4 is 5.32 Å². The van der Waals surface area contributed by atoms with Crippen LogP contribution in [0.15, 0.2) is 30.3 Å². The predicted octanol–water partition coefficient (Wildman–Crippen LogP) is 2.39. The maximum absolute atomic E-state index is 8.36. The Balaban J connectivity index is 0.000000452. The first-order valence-electron chi connectivity index (χ1n) is 7.23. The molecule has 0 amide bonds. The van der Waals surface area contributed by atoms with Gasteiger partial charge < -0.3 is 15.2 Å². The number of hydrogen-bond donors (Lipinski definition) is 2. The quantitative estimate of drug-likeness (QED) is 0.774. The summed E-state index contributed by atoms with van der Waals surface area (Å²) in [5.41, 5.74) is 1.48. The minimum atomic E-state index is -0.250. The van der Waals surface area contributed by atoms with Crippen molar-refractivity contribution in [1.82, 2.24) is 5.32 Å². The largest absolute Gasteiger partial charge is 0.483 e. The standard InChI is InChI=1S/C15H21NO.CH2O2/c1-12-7-8-15(13-5-3-2-4-6-13)14(11-12)17-10-9-16-15;2-1-3/h2-6,12,14,16H,7-11H2,1H3;1H,(H,2,3). The number of nitrogens with one attached hydrogen (secondary N) is 1. The maximum atomic E-state index is 8.36. The van der Waals surface area contributed by atoms with E-state index in [1.165, 1.54) is 24.8 Å². The highest BCUT2D eigenvalue weighted by Gasteiger charge is 2.46. The van der Waals surface area contributed by atoms with Crippen molar-refractivity contribution >= 4 is 6.47 Å². The SMILES string of the molecule is CC1CCC2(c3ccccc3)NCCOC2C1.O=CO. The van der Waals surface area contributed by atoms with E-state index >= 15 is 0 Å².